The van der Waals surface area contributed by atoms with Gasteiger partial charge in [0.2, 0.25) is 5.91 Å². The Hall–Kier alpha value is -1.65. The molecule has 0 aromatic heterocycles. The molecule has 1 heterocycles. The first kappa shape index (κ1) is 18.7. The molecule has 1 aromatic rings. The Morgan fingerprint density at radius 3 is 2.92 bits per heavy atom. The van der Waals surface area contributed by atoms with Gasteiger partial charge < -0.3 is 10.1 Å². The van der Waals surface area contributed by atoms with Crippen LogP contribution in [0.5, 0.6) is 0 Å². The van der Waals surface area contributed by atoms with Gasteiger partial charge in [-0.05, 0) is 37.0 Å². The van der Waals surface area contributed by atoms with E-state index in [0.29, 0.717) is 12.5 Å². The highest BCUT2D eigenvalue weighted by Gasteiger charge is 2.20. The maximum atomic E-state index is 12.0. The van der Waals surface area contributed by atoms with Gasteiger partial charge in [0.05, 0.1) is 12.7 Å². The van der Waals surface area contributed by atoms with Gasteiger partial charge in [-0.15, -0.1) is 0 Å². The molecule has 0 spiro atoms. The molecule has 4 nitrogen and oxygen atoms in total. The lowest BCUT2D eigenvalue weighted by atomic mass is 10.1. The van der Waals surface area contributed by atoms with Gasteiger partial charge in [-0.2, -0.15) is 0 Å². The van der Waals surface area contributed by atoms with Gasteiger partial charge in [0.1, 0.15) is 0 Å². The molecule has 1 N–H and O–H groups in total. The van der Waals surface area contributed by atoms with E-state index >= 15 is 0 Å². The Balaban J connectivity index is 1.79. The van der Waals surface area contributed by atoms with Crippen LogP contribution in [0.4, 0.5) is 0 Å². The van der Waals surface area contributed by atoms with E-state index in [0.717, 1.165) is 31.8 Å². The fourth-order valence-electron chi connectivity index (χ4n) is 3.04. The molecule has 1 aromatic carbocycles. The Morgan fingerprint density at radius 2 is 2.21 bits per heavy atom. The molecule has 1 aliphatic heterocycles. The summed E-state index contributed by atoms with van der Waals surface area (Å²) in [5.74, 6) is 0.582. The minimum Gasteiger partial charge on any atom is -0.374 e. The molecule has 1 unspecified atom stereocenters. The predicted molar refractivity (Wildman–Crippen MR) is 99.0 cm³/mol. The first-order chi connectivity index (χ1) is 11.4. The highest BCUT2D eigenvalue weighted by molar-refractivity contribution is 5.91. The molecule has 0 aliphatic carbocycles. The summed E-state index contributed by atoms with van der Waals surface area (Å²) in [6.07, 6.45) is 3.56. The van der Waals surface area contributed by atoms with Gasteiger partial charge in [-0.25, -0.2) is 0 Å². The van der Waals surface area contributed by atoms with Crippen molar-refractivity contribution in [2.24, 2.45) is 5.92 Å². The number of benzene rings is 1. The number of ether oxygens (including phenoxy) is 1. The van der Waals surface area contributed by atoms with Crippen LogP contribution in [0.2, 0.25) is 0 Å². The van der Waals surface area contributed by atoms with Crippen molar-refractivity contribution in [1.29, 1.82) is 0 Å². The van der Waals surface area contributed by atoms with Crippen LogP contribution in [0.3, 0.4) is 0 Å². The lowest BCUT2D eigenvalue weighted by molar-refractivity contribution is -0.117. The Morgan fingerprint density at radius 1 is 1.42 bits per heavy atom. The number of hydrogen-bond acceptors (Lipinski definition) is 3. The minimum atomic E-state index is -0.0699. The van der Waals surface area contributed by atoms with Gasteiger partial charge >= 0.3 is 0 Å². The van der Waals surface area contributed by atoms with E-state index in [1.165, 1.54) is 11.1 Å². The van der Waals surface area contributed by atoms with Gasteiger partial charge in [0.25, 0.3) is 0 Å². The maximum Gasteiger partial charge on any atom is 0.244 e. The quantitative estimate of drug-likeness (QED) is 0.816. The van der Waals surface area contributed by atoms with E-state index in [1.54, 1.807) is 6.08 Å². The molecule has 1 amide bonds. The third-order valence-corrected chi connectivity index (χ3v) is 4.19. The number of carbonyl (C=O) groups is 1. The fraction of sp³-hybridized carbons (Fsp3) is 0.550. The SMILES string of the molecule is Cc1ccc(/C=C/C(=O)NCC2CN(CC(C)C)CCO2)c(C)c1. The number of nitrogens with zero attached hydrogens (tertiary/aromatic N) is 1. The summed E-state index contributed by atoms with van der Waals surface area (Å²) < 4.78 is 5.75. The van der Waals surface area contributed by atoms with Crippen LogP contribution in [0.15, 0.2) is 24.3 Å². The zero-order chi connectivity index (χ0) is 17.5. The molecule has 2 rings (SSSR count). The normalized spacial score (nSPS) is 19.1. The predicted octanol–water partition coefficient (Wildman–Crippen LogP) is 2.79. The van der Waals surface area contributed by atoms with Crippen LogP contribution >= 0.6 is 0 Å². The molecule has 0 saturated carbocycles. The van der Waals surface area contributed by atoms with Gasteiger partial charge in [-0.1, -0.05) is 37.6 Å². The maximum absolute atomic E-state index is 12.0. The van der Waals surface area contributed by atoms with Crippen LogP contribution in [-0.2, 0) is 9.53 Å². The standard InChI is InChI=1S/C20H30N2O2/c1-15(2)13-22-9-10-24-19(14-22)12-21-20(23)8-7-18-6-5-16(3)11-17(18)4/h5-8,11,15,19H,9-10,12-14H2,1-4H3,(H,21,23)/b8-7+. The third-order valence-electron chi connectivity index (χ3n) is 4.19. The topological polar surface area (TPSA) is 41.6 Å². The number of amides is 1. The van der Waals surface area contributed by atoms with E-state index in [-0.39, 0.29) is 12.0 Å². The monoisotopic (exact) mass is 330 g/mol. The second-order valence-electron chi connectivity index (χ2n) is 7.08. The van der Waals surface area contributed by atoms with Gasteiger partial charge in [0, 0.05) is 32.3 Å². The Kier molecular flexibility index (Phi) is 7.00. The van der Waals surface area contributed by atoms with E-state index in [1.807, 2.05) is 12.1 Å². The summed E-state index contributed by atoms with van der Waals surface area (Å²) in [4.78, 5) is 14.4. The molecule has 132 valence electrons. The second-order valence-corrected chi connectivity index (χ2v) is 7.08. The van der Waals surface area contributed by atoms with E-state index < -0.39 is 0 Å². The second kappa shape index (κ2) is 9.00. The zero-order valence-corrected chi connectivity index (χ0v) is 15.3. The van der Waals surface area contributed by atoms with Crippen molar-refractivity contribution < 1.29 is 9.53 Å². The number of hydrogen-bond donors (Lipinski definition) is 1. The molecule has 1 aliphatic rings. The highest BCUT2D eigenvalue weighted by Crippen LogP contribution is 2.12. The summed E-state index contributed by atoms with van der Waals surface area (Å²) in [5, 5.41) is 2.95. The van der Waals surface area contributed by atoms with Gasteiger partial charge in [-0.3, -0.25) is 9.69 Å². The summed E-state index contributed by atoms with van der Waals surface area (Å²) in [5.41, 5.74) is 3.49. The molecule has 1 saturated heterocycles. The molecule has 0 radical (unpaired) electrons. The number of nitrogens with one attached hydrogen (secondary N) is 1. The van der Waals surface area contributed by atoms with Crippen LogP contribution in [-0.4, -0.2) is 49.7 Å². The number of morpholine rings is 1. The average molecular weight is 330 g/mol. The number of carbonyl (C=O) groups excluding carboxylic acids is 1. The lowest BCUT2D eigenvalue weighted by Gasteiger charge is -2.33. The van der Waals surface area contributed by atoms with Crippen LogP contribution in [0, 0.1) is 19.8 Å². The fourth-order valence-corrected chi connectivity index (χ4v) is 3.04. The largest absolute Gasteiger partial charge is 0.374 e. The van der Waals surface area contributed by atoms with Crippen molar-refractivity contribution in [3.63, 3.8) is 0 Å². The first-order valence-corrected chi connectivity index (χ1v) is 8.81. The van der Waals surface area contributed by atoms with Crippen molar-refractivity contribution >= 4 is 12.0 Å². The molecular formula is C20H30N2O2. The highest BCUT2D eigenvalue weighted by atomic mass is 16.5. The summed E-state index contributed by atoms with van der Waals surface area (Å²) >= 11 is 0. The molecule has 0 bridgehead atoms. The molecule has 1 fully saturated rings. The zero-order valence-electron chi connectivity index (χ0n) is 15.3. The number of aryl methyl sites for hydroxylation is 2. The van der Waals surface area contributed by atoms with Gasteiger partial charge in [0.15, 0.2) is 0 Å². The minimum absolute atomic E-state index is 0.0699. The van der Waals surface area contributed by atoms with E-state index in [4.69, 9.17) is 4.74 Å². The van der Waals surface area contributed by atoms with Crippen molar-refractivity contribution in [2.45, 2.75) is 33.8 Å². The van der Waals surface area contributed by atoms with Crippen molar-refractivity contribution in [2.75, 3.05) is 32.8 Å². The van der Waals surface area contributed by atoms with E-state index in [2.05, 4.69) is 50.0 Å². The molecule has 24 heavy (non-hydrogen) atoms. The molecule has 1 atom stereocenters. The summed E-state index contributed by atoms with van der Waals surface area (Å²) in [6, 6.07) is 6.23. The van der Waals surface area contributed by atoms with Crippen molar-refractivity contribution in [1.82, 2.24) is 10.2 Å². The molecular weight excluding hydrogens is 300 g/mol. The van der Waals surface area contributed by atoms with E-state index in [9.17, 15) is 4.79 Å². The average Bonchev–Trinajstić information content (AvgIpc) is 2.52. The summed E-state index contributed by atoms with van der Waals surface area (Å²) in [7, 11) is 0. The smallest absolute Gasteiger partial charge is 0.244 e. The first-order valence-electron chi connectivity index (χ1n) is 8.81. The summed E-state index contributed by atoms with van der Waals surface area (Å²) in [6.45, 7) is 12.8. The van der Waals surface area contributed by atoms with Crippen LogP contribution in [0.25, 0.3) is 6.08 Å². The van der Waals surface area contributed by atoms with Crippen LogP contribution < -0.4 is 5.32 Å². The van der Waals surface area contributed by atoms with Crippen LogP contribution in [0.1, 0.15) is 30.5 Å². The lowest BCUT2D eigenvalue weighted by Crippen LogP contribution is -2.48. The Labute approximate surface area is 145 Å². The van der Waals surface area contributed by atoms with Crippen molar-refractivity contribution in [3.8, 4) is 0 Å². The molecule has 4 heteroatoms. The number of rotatable bonds is 6. The Bertz CT molecular complexity index is 581. The van der Waals surface area contributed by atoms with Crippen molar-refractivity contribution in [3.05, 3.63) is 41.0 Å². The third kappa shape index (κ3) is 6.10.